The lowest BCUT2D eigenvalue weighted by Gasteiger charge is -2.53. The number of carbonyl (C=O) groups excluding carboxylic acids is 2. The van der Waals surface area contributed by atoms with Gasteiger partial charge in [-0.25, -0.2) is 0 Å². The van der Waals surface area contributed by atoms with Crippen molar-refractivity contribution >= 4 is 17.5 Å². The van der Waals surface area contributed by atoms with Crippen molar-refractivity contribution in [3.05, 3.63) is 12.2 Å². The van der Waals surface area contributed by atoms with E-state index in [-0.39, 0.29) is 47.6 Å². The summed E-state index contributed by atoms with van der Waals surface area (Å²) in [5.41, 5.74) is -1.71. The number of carboxylic acid groups (broad SMARTS) is 1. The minimum atomic E-state index is -1.56. The maximum atomic E-state index is 14.4. The molecule has 5 aliphatic heterocycles. The number of aliphatic hydroxyl groups excluding tert-OH is 1. The maximum Gasteiger partial charge on any atom is 0.309 e. The van der Waals surface area contributed by atoms with E-state index in [0.717, 1.165) is 6.42 Å². The van der Waals surface area contributed by atoms with Gasteiger partial charge in [0.25, 0.3) is 0 Å². The topological polar surface area (TPSA) is 158 Å². The molecule has 11 nitrogen and oxygen atoms in total. The van der Waals surface area contributed by atoms with Crippen LogP contribution in [0.2, 0.25) is 0 Å². The second-order valence-electron chi connectivity index (χ2n) is 17.8. The zero-order chi connectivity index (χ0) is 39.3. The van der Waals surface area contributed by atoms with Crippen LogP contribution >= 0.6 is 0 Å². The number of hydrogen-bond acceptors (Lipinski definition) is 10. The summed E-state index contributed by atoms with van der Waals surface area (Å²) in [6.45, 7) is 19.4. The van der Waals surface area contributed by atoms with Gasteiger partial charge in [-0.2, -0.15) is 0 Å². The first-order valence-electron chi connectivity index (χ1n) is 20.6. The van der Waals surface area contributed by atoms with Crippen molar-refractivity contribution in [2.45, 2.75) is 193 Å². The highest BCUT2D eigenvalue weighted by Gasteiger charge is 2.63. The summed E-state index contributed by atoms with van der Waals surface area (Å²) in [7, 11) is 0. The molecule has 4 fully saturated rings. The fourth-order valence-electron chi connectivity index (χ4n) is 10.4. The third-order valence-electron chi connectivity index (χ3n) is 14.3. The Labute approximate surface area is 316 Å². The second-order valence-corrected chi connectivity index (χ2v) is 17.8. The van der Waals surface area contributed by atoms with Gasteiger partial charge >= 0.3 is 5.97 Å². The second kappa shape index (κ2) is 16.0. The van der Waals surface area contributed by atoms with Crippen molar-refractivity contribution < 1.29 is 53.4 Å². The number of rotatable bonds is 12. The van der Waals surface area contributed by atoms with Gasteiger partial charge in [-0.3, -0.25) is 14.4 Å². The highest BCUT2D eigenvalue weighted by molar-refractivity contribution is 5.97. The molecule has 53 heavy (non-hydrogen) atoms. The highest BCUT2D eigenvalue weighted by atomic mass is 16.8. The average Bonchev–Trinajstić information content (AvgIpc) is 3.47. The predicted molar refractivity (Wildman–Crippen MR) is 198 cm³/mol. The van der Waals surface area contributed by atoms with Gasteiger partial charge in [0.2, 0.25) is 11.6 Å². The van der Waals surface area contributed by atoms with Crippen LogP contribution in [0.5, 0.6) is 0 Å². The number of hydrogen-bond donors (Lipinski definition) is 3. The molecule has 4 saturated heterocycles. The van der Waals surface area contributed by atoms with E-state index in [1.165, 1.54) is 6.08 Å². The Morgan fingerprint density at radius 2 is 1.58 bits per heavy atom. The van der Waals surface area contributed by atoms with Crippen molar-refractivity contribution in [1.82, 2.24) is 0 Å². The lowest BCUT2D eigenvalue weighted by Crippen LogP contribution is -2.62. The minimum absolute atomic E-state index is 0.00877. The van der Waals surface area contributed by atoms with Gasteiger partial charge in [0.1, 0.15) is 5.78 Å². The van der Waals surface area contributed by atoms with Crippen LogP contribution in [-0.4, -0.2) is 92.3 Å². The molecule has 302 valence electrons. The minimum Gasteiger partial charge on any atom is -0.481 e. The highest BCUT2D eigenvalue weighted by Crippen LogP contribution is 2.53. The number of carboxylic acids is 1. The van der Waals surface area contributed by atoms with E-state index in [4.69, 9.17) is 23.7 Å². The quantitative estimate of drug-likeness (QED) is 0.203. The first-order valence-corrected chi connectivity index (χ1v) is 20.6. The average molecular weight is 749 g/mol. The fraction of sp³-hybridized carbons (Fsp3) is 0.881. The molecule has 11 heteroatoms. The van der Waals surface area contributed by atoms with Gasteiger partial charge in [-0.1, -0.05) is 55.4 Å². The van der Waals surface area contributed by atoms with Crippen molar-refractivity contribution in [2.24, 2.45) is 41.4 Å². The van der Waals surface area contributed by atoms with Gasteiger partial charge in [0.15, 0.2) is 5.79 Å². The third-order valence-corrected chi connectivity index (χ3v) is 14.3. The molecule has 5 heterocycles. The normalized spacial score (nSPS) is 44.8. The predicted octanol–water partition coefficient (Wildman–Crippen LogP) is 6.40. The van der Waals surface area contributed by atoms with Crippen LogP contribution in [0.4, 0.5) is 0 Å². The van der Waals surface area contributed by atoms with E-state index in [1.807, 2.05) is 48.5 Å². The van der Waals surface area contributed by atoms with Crippen LogP contribution in [0.15, 0.2) is 12.2 Å². The first kappa shape index (κ1) is 42.4. The summed E-state index contributed by atoms with van der Waals surface area (Å²) in [6.07, 6.45) is 5.84. The standard InChI is InChI=1S/C42H68O11/c1-11-29(38(46)47)31-15-14-23(4)36(50-31)27(8)34(44)26(7)35(45)30(12-2)37-24(5)22-25(6)41(51-37)19-16-32(43)42(53-41)21-20-39(10,52-42)33-17-18-40(48,13-3)28(9)49-33/h16,19,23-31,33-34,36-37,44,48H,11-15,17-18,20-22H2,1-10H3,(H,46,47)/t23-,24-,25+,26-,27-,28-,29?,30?,31+,33+,34+,36+,37-,39-,40+,41-,42-/m0/s1. The Hall–Kier alpha value is -1.73. The molecule has 0 aromatic rings. The van der Waals surface area contributed by atoms with Crippen LogP contribution in [0, 0.1) is 41.4 Å². The van der Waals surface area contributed by atoms with E-state index < -0.39 is 70.7 Å². The van der Waals surface area contributed by atoms with E-state index in [1.54, 1.807) is 13.0 Å². The molecule has 0 amide bonds. The first-order chi connectivity index (χ1) is 24.8. The molecule has 0 aliphatic carbocycles. The lowest BCUT2D eigenvalue weighted by molar-refractivity contribution is -0.378. The molecular weight excluding hydrogens is 680 g/mol. The Kier molecular flexibility index (Phi) is 12.8. The van der Waals surface area contributed by atoms with Crippen LogP contribution < -0.4 is 0 Å². The number of carbonyl (C=O) groups is 3. The largest absolute Gasteiger partial charge is 0.481 e. The molecule has 2 spiro atoms. The molecule has 0 saturated carbocycles. The molecule has 17 atom stereocenters. The van der Waals surface area contributed by atoms with Crippen LogP contribution in [-0.2, 0) is 38.1 Å². The zero-order valence-electron chi connectivity index (χ0n) is 33.8. The number of ketones is 2. The van der Waals surface area contributed by atoms with Crippen LogP contribution in [0.1, 0.15) is 133 Å². The smallest absolute Gasteiger partial charge is 0.309 e. The van der Waals surface area contributed by atoms with Crippen molar-refractivity contribution in [3.8, 4) is 0 Å². The number of Topliss-reactive ketones (excluding diaryl/α,β-unsaturated/α-hetero) is 1. The van der Waals surface area contributed by atoms with E-state index in [9.17, 15) is 29.7 Å². The van der Waals surface area contributed by atoms with Gasteiger partial charge in [-0.15, -0.1) is 0 Å². The number of ether oxygens (including phenoxy) is 5. The van der Waals surface area contributed by atoms with Gasteiger partial charge < -0.3 is 39.0 Å². The summed E-state index contributed by atoms with van der Waals surface area (Å²) >= 11 is 0. The van der Waals surface area contributed by atoms with Crippen LogP contribution in [0.3, 0.4) is 0 Å². The number of aliphatic carboxylic acids is 1. The molecule has 0 aromatic heterocycles. The SMILES string of the molecule is CCC(C(=O)[C@@H](C)[C@@H](O)[C@H](C)[C@@H]1O[C@@H](C(CC)C(=O)O)CC[C@@H]1C)[C@H]1O[C@]2(C=CC(=O)[C@]3(CC[C@@](C)([C@H]4CC[C@](O)(CC)[C@H](C)O4)O3)O2)[C@H](C)C[C@@H]1C. The molecular formula is C42H68O11. The molecule has 5 rings (SSSR count). The molecule has 5 aliphatic rings. The van der Waals surface area contributed by atoms with Gasteiger partial charge in [0.05, 0.1) is 53.7 Å². The van der Waals surface area contributed by atoms with Crippen molar-refractivity contribution in [1.29, 1.82) is 0 Å². The van der Waals surface area contributed by atoms with Crippen molar-refractivity contribution in [2.75, 3.05) is 0 Å². The van der Waals surface area contributed by atoms with Gasteiger partial charge in [0, 0.05) is 30.1 Å². The Balaban J connectivity index is 1.31. The lowest BCUT2D eigenvalue weighted by atomic mass is 9.72. The van der Waals surface area contributed by atoms with E-state index in [0.29, 0.717) is 57.8 Å². The molecule has 3 N–H and O–H groups in total. The summed E-state index contributed by atoms with van der Waals surface area (Å²) in [6, 6.07) is 0. The van der Waals surface area contributed by atoms with E-state index in [2.05, 4.69) is 13.8 Å². The third kappa shape index (κ3) is 7.83. The van der Waals surface area contributed by atoms with Crippen molar-refractivity contribution in [3.63, 3.8) is 0 Å². The maximum absolute atomic E-state index is 14.4. The molecule has 0 bridgehead atoms. The summed E-state index contributed by atoms with van der Waals surface area (Å²) in [5.74, 6) is -6.46. The van der Waals surface area contributed by atoms with Gasteiger partial charge in [-0.05, 0) is 95.6 Å². The summed E-state index contributed by atoms with van der Waals surface area (Å²) in [5, 5.41) is 32.5. The molecule has 0 aromatic carbocycles. The summed E-state index contributed by atoms with van der Waals surface area (Å²) in [4.78, 5) is 40.0. The Morgan fingerprint density at radius 1 is 0.906 bits per heavy atom. The molecule has 0 radical (unpaired) electrons. The fourth-order valence-corrected chi connectivity index (χ4v) is 10.4. The van der Waals surface area contributed by atoms with Crippen LogP contribution in [0.25, 0.3) is 0 Å². The number of aliphatic hydroxyl groups is 2. The summed E-state index contributed by atoms with van der Waals surface area (Å²) < 4.78 is 33.2. The zero-order valence-corrected chi connectivity index (χ0v) is 33.8. The monoisotopic (exact) mass is 748 g/mol. The Bertz CT molecular complexity index is 1370. The Morgan fingerprint density at radius 3 is 2.19 bits per heavy atom. The molecule has 2 unspecified atom stereocenters. The van der Waals surface area contributed by atoms with E-state index >= 15 is 0 Å².